The first kappa shape index (κ1) is 13.9. The van der Waals surface area contributed by atoms with Crippen LogP contribution in [0.1, 0.15) is 25.3 Å². The molecule has 4 nitrogen and oxygen atoms in total. The second-order valence-electron chi connectivity index (χ2n) is 4.92. The summed E-state index contributed by atoms with van der Waals surface area (Å²) in [6.07, 6.45) is 2.78. The van der Waals surface area contributed by atoms with Gasteiger partial charge in [-0.3, -0.25) is 4.79 Å². The maximum atomic E-state index is 12.1. The molecule has 19 heavy (non-hydrogen) atoms. The molecular weight excluding hydrogens is 240 g/mol. The number of nitrogens with two attached hydrogens (primary N) is 1. The summed E-state index contributed by atoms with van der Waals surface area (Å²) in [6.45, 7) is 4.33. The normalized spacial score (nSPS) is 16.4. The molecule has 1 fully saturated rings. The number of hydrogen-bond donors (Lipinski definition) is 1. The van der Waals surface area contributed by atoms with Gasteiger partial charge in [0.1, 0.15) is 5.75 Å². The molecule has 1 saturated heterocycles. The first-order chi connectivity index (χ1) is 9.20. The second kappa shape index (κ2) is 6.57. The molecule has 0 aromatic heterocycles. The van der Waals surface area contributed by atoms with Crippen LogP contribution < -0.4 is 10.5 Å². The predicted octanol–water partition coefficient (Wildman–Crippen LogP) is 1.58. The van der Waals surface area contributed by atoms with E-state index in [1.165, 1.54) is 0 Å². The van der Waals surface area contributed by atoms with Crippen LogP contribution in [0.5, 0.6) is 5.75 Å². The molecule has 1 unspecified atom stereocenters. The zero-order valence-electron chi connectivity index (χ0n) is 11.5. The number of benzene rings is 1. The Labute approximate surface area is 114 Å². The van der Waals surface area contributed by atoms with Crippen molar-refractivity contribution >= 4 is 5.91 Å². The standard InChI is InChI=1S/C15H22N2O2/c1-2-19-13-7-5-12(6-8-13)11-14(16)15(18)17-9-3-4-10-17/h5-8,14H,2-4,9-11,16H2,1H3. The fourth-order valence-electron chi connectivity index (χ4n) is 2.40. The molecule has 1 heterocycles. The first-order valence-electron chi connectivity index (χ1n) is 6.97. The van der Waals surface area contributed by atoms with Gasteiger partial charge in [-0.2, -0.15) is 0 Å². The van der Waals surface area contributed by atoms with Gasteiger partial charge in [0.25, 0.3) is 0 Å². The summed E-state index contributed by atoms with van der Waals surface area (Å²) in [4.78, 5) is 14.0. The summed E-state index contributed by atoms with van der Waals surface area (Å²) in [6, 6.07) is 7.36. The number of carbonyl (C=O) groups is 1. The quantitative estimate of drug-likeness (QED) is 0.876. The highest BCUT2D eigenvalue weighted by Gasteiger charge is 2.23. The Bertz CT molecular complexity index is 411. The molecule has 0 spiro atoms. The Kier molecular flexibility index (Phi) is 4.80. The highest BCUT2D eigenvalue weighted by atomic mass is 16.5. The fourth-order valence-corrected chi connectivity index (χ4v) is 2.40. The minimum Gasteiger partial charge on any atom is -0.494 e. The van der Waals surface area contributed by atoms with E-state index in [2.05, 4.69) is 0 Å². The molecule has 0 saturated carbocycles. The number of carbonyl (C=O) groups excluding carboxylic acids is 1. The summed E-state index contributed by atoms with van der Waals surface area (Å²) in [7, 11) is 0. The molecule has 1 aliphatic rings. The van der Waals surface area contributed by atoms with Crippen molar-refractivity contribution in [2.45, 2.75) is 32.2 Å². The monoisotopic (exact) mass is 262 g/mol. The van der Waals surface area contributed by atoms with Crippen molar-refractivity contribution in [3.8, 4) is 5.75 Å². The van der Waals surface area contributed by atoms with Crippen LogP contribution >= 0.6 is 0 Å². The van der Waals surface area contributed by atoms with Gasteiger partial charge in [0.05, 0.1) is 12.6 Å². The van der Waals surface area contributed by atoms with E-state index in [4.69, 9.17) is 10.5 Å². The van der Waals surface area contributed by atoms with Crippen molar-refractivity contribution in [3.05, 3.63) is 29.8 Å². The number of nitrogens with zero attached hydrogens (tertiary/aromatic N) is 1. The molecule has 1 aromatic carbocycles. The number of amides is 1. The Hall–Kier alpha value is -1.55. The number of hydrogen-bond acceptors (Lipinski definition) is 3. The molecular formula is C15H22N2O2. The van der Waals surface area contributed by atoms with Crippen molar-refractivity contribution in [2.75, 3.05) is 19.7 Å². The van der Waals surface area contributed by atoms with E-state index in [1.807, 2.05) is 36.1 Å². The van der Waals surface area contributed by atoms with Gasteiger partial charge < -0.3 is 15.4 Å². The molecule has 1 aromatic rings. The zero-order valence-corrected chi connectivity index (χ0v) is 11.5. The lowest BCUT2D eigenvalue weighted by atomic mass is 10.1. The summed E-state index contributed by atoms with van der Waals surface area (Å²) in [5.74, 6) is 0.928. The van der Waals surface area contributed by atoms with Crippen molar-refractivity contribution in [1.29, 1.82) is 0 Å². The Balaban J connectivity index is 1.90. The van der Waals surface area contributed by atoms with Crippen LogP contribution in [-0.2, 0) is 11.2 Å². The topological polar surface area (TPSA) is 55.6 Å². The summed E-state index contributed by atoms with van der Waals surface area (Å²) in [5, 5.41) is 0. The smallest absolute Gasteiger partial charge is 0.239 e. The minimum atomic E-state index is -0.434. The SMILES string of the molecule is CCOc1ccc(CC(N)C(=O)N2CCCC2)cc1. The van der Waals surface area contributed by atoms with E-state index in [9.17, 15) is 4.79 Å². The third-order valence-electron chi connectivity index (χ3n) is 3.42. The lowest BCUT2D eigenvalue weighted by molar-refractivity contribution is -0.131. The maximum Gasteiger partial charge on any atom is 0.239 e. The van der Waals surface area contributed by atoms with Gasteiger partial charge in [-0.1, -0.05) is 12.1 Å². The van der Waals surface area contributed by atoms with Crippen LogP contribution in [0.2, 0.25) is 0 Å². The highest BCUT2D eigenvalue weighted by molar-refractivity contribution is 5.82. The summed E-state index contributed by atoms with van der Waals surface area (Å²) in [5.41, 5.74) is 7.08. The van der Waals surface area contributed by atoms with Crippen LogP contribution in [0.25, 0.3) is 0 Å². The van der Waals surface area contributed by atoms with Crippen LogP contribution in [0.4, 0.5) is 0 Å². The molecule has 1 amide bonds. The minimum absolute atomic E-state index is 0.0754. The average molecular weight is 262 g/mol. The van der Waals surface area contributed by atoms with Gasteiger partial charge in [0.2, 0.25) is 5.91 Å². The molecule has 1 atom stereocenters. The fraction of sp³-hybridized carbons (Fsp3) is 0.533. The Morgan fingerprint density at radius 3 is 2.53 bits per heavy atom. The van der Waals surface area contributed by atoms with Gasteiger partial charge in [-0.25, -0.2) is 0 Å². The summed E-state index contributed by atoms with van der Waals surface area (Å²) >= 11 is 0. The van der Waals surface area contributed by atoms with E-state index < -0.39 is 6.04 Å². The van der Waals surface area contributed by atoms with E-state index in [-0.39, 0.29) is 5.91 Å². The van der Waals surface area contributed by atoms with Crippen LogP contribution in [0.15, 0.2) is 24.3 Å². The highest BCUT2D eigenvalue weighted by Crippen LogP contribution is 2.14. The zero-order chi connectivity index (χ0) is 13.7. The number of likely N-dealkylation sites (tertiary alicyclic amines) is 1. The van der Waals surface area contributed by atoms with Crippen molar-refractivity contribution in [3.63, 3.8) is 0 Å². The predicted molar refractivity (Wildman–Crippen MR) is 75.1 cm³/mol. The van der Waals surface area contributed by atoms with Crippen molar-refractivity contribution in [2.24, 2.45) is 5.73 Å². The second-order valence-corrected chi connectivity index (χ2v) is 4.92. The average Bonchev–Trinajstić information content (AvgIpc) is 2.94. The Morgan fingerprint density at radius 2 is 1.95 bits per heavy atom. The Morgan fingerprint density at radius 1 is 1.32 bits per heavy atom. The third kappa shape index (κ3) is 3.70. The van der Waals surface area contributed by atoms with Gasteiger partial charge in [-0.15, -0.1) is 0 Å². The molecule has 2 N–H and O–H groups in total. The number of ether oxygens (including phenoxy) is 1. The maximum absolute atomic E-state index is 12.1. The molecule has 4 heteroatoms. The van der Waals surface area contributed by atoms with Crippen molar-refractivity contribution < 1.29 is 9.53 Å². The summed E-state index contributed by atoms with van der Waals surface area (Å²) < 4.78 is 5.39. The molecule has 104 valence electrons. The molecule has 0 bridgehead atoms. The van der Waals surface area contributed by atoms with Gasteiger partial charge in [-0.05, 0) is 43.9 Å². The molecule has 2 rings (SSSR count). The van der Waals surface area contributed by atoms with E-state index in [1.54, 1.807) is 0 Å². The first-order valence-corrected chi connectivity index (χ1v) is 6.97. The van der Waals surface area contributed by atoms with Crippen molar-refractivity contribution in [1.82, 2.24) is 4.90 Å². The van der Waals surface area contributed by atoms with Crippen LogP contribution in [-0.4, -0.2) is 36.5 Å². The largest absolute Gasteiger partial charge is 0.494 e. The van der Waals surface area contributed by atoms with Gasteiger partial charge in [0.15, 0.2) is 0 Å². The molecule has 0 aliphatic carbocycles. The molecule has 1 aliphatic heterocycles. The lowest BCUT2D eigenvalue weighted by Crippen LogP contribution is -2.43. The third-order valence-corrected chi connectivity index (χ3v) is 3.42. The number of rotatable bonds is 5. The van der Waals surface area contributed by atoms with E-state index in [0.717, 1.165) is 37.2 Å². The van der Waals surface area contributed by atoms with Gasteiger partial charge >= 0.3 is 0 Å². The van der Waals surface area contributed by atoms with E-state index in [0.29, 0.717) is 13.0 Å². The van der Waals surface area contributed by atoms with Crippen LogP contribution in [0.3, 0.4) is 0 Å². The molecule has 0 radical (unpaired) electrons. The van der Waals surface area contributed by atoms with Crippen LogP contribution in [0, 0.1) is 0 Å². The lowest BCUT2D eigenvalue weighted by Gasteiger charge is -2.20. The van der Waals surface area contributed by atoms with E-state index >= 15 is 0 Å². The van der Waals surface area contributed by atoms with Gasteiger partial charge in [0, 0.05) is 13.1 Å².